The molecule has 0 radical (unpaired) electrons. The molecule has 1 aromatic carbocycles. The average Bonchev–Trinajstić information content (AvgIpc) is 2.36. The fraction of sp³-hybridized carbons (Fsp3) is 0.500. The number of hydrogen-bond acceptors (Lipinski definition) is 3. The quantitative estimate of drug-likeness (QED) is 0.804. The molecule has 5 heteroatoms. The minimum atomic E-state index is 0. The lowest BCUT2D eigenvalue weighted by molar-refractivity contribution is -0.121. The van der Waals surface area contributed by atoms with Crippen molar-refractivity contribution in [2.75, 3.05) is 20.2 Å². The zero-order valence-electron chi connectivity index (χ0n) is 11.6. The van der Waals surface area contributed by atoms with Crippen LogP contribution in [0.4, 0.5) is 0 Å². The standard InChI is InChI=1S/C14H22N2O2.ClH/c1-11-5-6-13(18-2)12(10-11)7-9-16-14(17)4-3-8-15;/h5-6,10H,3-4,7-9,15H2,1-2H3,(H,16,17);1H. The number of amides is 1. The van der Waals surface area contributed by atoms with Crippen molar-refractivity contribution in [2.45, 2.75) is 26.2 Å². The Kier molecular flexibility index (Phi) is 9.00. The minimum Gasteiger partial charge on any atom is -0.496 e. The lowest BCUT2D eigenvalue weighted by Gasteiger charge is -2.10. The van der Waals surface area contributed by atoms with Crippen LogP contribution in [0.5, 0.6) is 5.75 Å². The number of aryl methyl sites for hydroxylation is 1. The Labute approximate surface area is 121 Å². The van der Waals surface area contributed by atoms with Crippen LogP contribution < -0.4 is 15.8 Å². The van der Waals surface area contributed by atoms with Crippen LogP contribution in [0.15, 0.2) is 18.2 Å². The first-order valence-electron chi connectivity index (χ1n) is 6.27. The maximum Gasteiger partial charge on any atom is 0.220 e. The molecule has 4 nitrogen and oxygen atoms in total. The summed E-state index contributed by atoms with van der Waals surface area (Å²) in [5, 5.41) is 2.89. The second-order valence-corrected chi connectivity index (χ2v) is 4.31. The molecule has 0 fully saturated rings. The topological polar surface area (TPSA) is 64.3 Å². The average molecular weight is 287 g/mol. The molecular formula is C14H23ClN2O2. The maximum absolute atomic E-state index is 11.4. The van der Waals surface area contributed by atoms with Crippen molar-refractivity contribution in [3.05, 3.63) is 29.3 Å². The van der Waals surface area contributed by atoms with Gasteiger partial charge in [0, 0.05) is 13.0 Å². The van der Waals surface area contributed by atoms with E-state index in [1.165, 1.54) is 5.56 Å². The van der Waals surface area contributed by atoms with Crippen molar-refractivity contribution < 1.29 is 9.53 Å². The summed E-state index contributed by atoms with van der Waals surface area (Å²) in [6.45, 7) is 3.23. The van der Waals surface area contributed by atoms with Gasteiger partial charge in [0.15, 0.2) is 0 Å². The number of benzene rings is 1. The molecule has 0 aliphatic heterocycles. The Morgan fingerprint density at radius 3 is 2.79 bits per heavy atom. The third-order valence-corrected chi connectivity index (χ3v) is 2.76. The summed E-state index contributed by atoms with van der Waals surface area (Å²) < 4.78 is 5.29. The molecule has 0 heterocycles. The molecule has 19 heavy (non-hydrogen) atoms. The van der Waals surface area contributed by atoms with Gasteiger partial charge in [0.05, 0.1) is 7.11 Å². The van der Waals surface area contributed by atoms with Gasteiger partial charge in [-0.1, -0.05) is 17.7 Å². The molecular weight excluding hydrogens is 264 g/mol. The fourth-order valence-electron chi connectivity index (χ4n) is 1.79. The number of halogens is 1. The van der Waals surface area contributed by atoms with E-state index in [9.17, 15) is 4.79 Å². The van der Waals surface area contributed by atoms with Crippen LogP contribution in [0.25, 0.3) is 0 Å². The molecule has 0 aliphatic carbocycles. The number of nitrogens with one attached hydrogen (secondary N) is 1. The van der Waals surface area contributed by atoms with Gasteiger partial charge in [-0.15, -0.1) is 12.4 Å². The summed E-state index contributed by atoms with van der Waals surface area (Å²) in [5.41, 5.74) is 7.67. The van der Waals surface area contributed by atoms with Crippen LogP contribution in [-0.2, 0) is 11.2 Å². The van der Waals surface area contributed by atoms with Crippen LogP contribution in [0, 0.1) is 6.92 Å². The van der Waals surface area contributed by atoms with Crippen LogP contribution >= 0.6 is 12.4 Å². The van der Waals surface area contributed by atoms with Crippen LogP contribution in [-0.4, -0.2) is 26.1 Å². The van der Waals surface area contributed by atoms with Gasteiger partial charge < -0.3 is 15.8 Å². The first-order chi connectivity index (χ1) is 8.67. The molecule has 0 unspecified atom stereocenters. The molecule has 108 valence electrons. The smallest absolute Gasteiger partial charge is 0.220 e. The summed E-state index contributed by atoms with van der Waals surface area (Å²) in [6, 6.07) is 6.06. The summed E-state index contributed by atoms with van der Waals surface area (Å²) in [4.78, 5) is 11.4. The molecule has 3 N–H and O–H groups in total. The summed E-state index contributed by atoms with van der Waals surface area (Å²) in [7, 11) is 1.66. The number of carbonyl (C=O) groups is 1. The molecule has 0 saturated heterocycles. The van der Waals surface area contributed by atoms with E-state index in [2.05, 4.69) is 11.4 Å². The zero-order valence-corrected chi connectivity index (χ0v) is 12.4. The van der Waals surface area contributed by atoms with Crippen LogP contribution in [0.1, 0.15) is 24.0 Å². The number of hydrogen-bond donors (Lipinski definition) is 2. The Morgan fingerprint density at radius 2 is 2.16 bits per heavy atom. The molecule has 1 amide bonds. The van der Waals surface area contributed by atoms with E-state index in [1.54, 1.807) is 7.11 Å². The lowest BCUT2D eigenvalue weighted by atomic mass is 10.1. The van der Waals surface area contributed by atoms with Crippen LogP contribution in [0.2, 0.25) is 0 Å². The fourth-order valence-corrected chi connectivity index (χ4v) is 1.79. The lowest BCUT2D eigenvalue weighted by Crippen LogP contribution is -2.26. The maximum atomic E-state index is 11.4. The molecule has 0 aromatic heterocycles. The van der Waals surface area contributed by atoms with Crippen molar-refractivity contribution in [1.82, 2.24) is 5.32 Å². The Morgan fingerprint density at radius 1 is 1.42 bits per heavy atom. The van der Waals surface area contributed by atoms with Gasteiger partial charge in [-0.05, 0) is 37.9 Å². The van der Waals surface area contributed by atoms with Crippen molar-refractivity contribution in [1.29, 1.82) is 0 Å². The number of rotatable bonds is 7. The van der Waals surface area contributed by atoms with Gasteiger partial charge >= 0.3 is 0 Å². The minimum absolute atomic E-state index is 0. The highest BCUT2D eigenvalue weighted by molar-refractivity contribution is 5.85. The molecule has 0 atom stereocenters. The SMILES string of the molecule is COc1ccc(C)cc1CCNC(=O)CCCN.Cl. The monoisotopic (exact) mass is 286 g/mol. The highest BCUT2D eigenvalue weighted by atomic mass is 35.5. The van der Waals surface area contributed by atoms with E-state index >= 15 is 0 Å². The molecule has 0 bridgehead atoms. The van der Waals surface area contributed by atoms with Gasteiger partial charge in [-0.25, -0.2) is 0 Å². The van der Waals surface area contributed by atoms with Gasteiger partial charge in [0.25, 0.3) is 0 Å². The van der Waals surface area contributed by atoms with Crippen molar-refractivity contribution >= 4 is 18.3 Å². The normalized spacial score (nSPS) is 9.63. The van der Waals surface area contributed by atoms with E-state index in [4.69, 9.17) is 10.5 Å². The van der Waals surface area contributed by atoms with Gasteiger partial charge in [0.2, 0.25) is 5.91 Å². The third kappa shape index (κ3) is 6.45. The number of ether oxygens (including phenoxy) is 1. The summed E-state index contributed by atoms with van der Waals surface area (Å²) in [5.74, 6) is 0.934. The molecule has 0 aliphatic rings. The highest BCUT2D eigenvalue weighted by Gasteiger charge is 2.04. The Bertz CT molecular complexity index is 397. The zero-order chi connectivity index (χ0) is 13.4. The molecule has 0 saturated carbocycles. The van der Waals surface area contributed by atoms with Crippen LogP contribution in [0.3, 0.4) is 0 Å². The van der Waals surface area contributed by atoms with E-state index in [-0.39, 0.29) is 18.3 Å². The third-order valence-electron chi connectivity index (χ3n) is 2.76. The highest BCUT2D eigenvalue weighted by Crippen LogP contribution is 2.19. The number of methoxy groups -OCH3 is 1. The van der Waals surface area contributed by atoms with Gasteiger partial charge in [0.1, 0.15) is 5.75 Å². The van der Waals surface area contributed by atoms with E-state index in [1.807, 2.05) is 19.1 Å². The predicted octanol–water partition coefficient (Wildman–Crippen LogP) is 1.82. The van der Waals surface area contributed by atoms with Crippen molar-refractivity contribution in [3.8, 4) is 5.75 Å². The first kappa shape index (κ1) is 17.7. The molecule has 1 aromatic rings. The number of nitrogens with two attached hydrogens (primary N) is 1. The summed E-state index contributed by atoms with van der Waals surface area (Å²) >= 11 is 0. The van der Waals surface area contributed by atoms with Gasteiger partial charge in [-0.2, -0.15) is 0 Å². The second-order valence-electron chi connectivity index (χ2n) is 4.31. The van der Waals surface area contributed by atoms with Crippen molar-refractivity contribution in [3.63, 3.8) is 0 Å². The van der Waals surface area contributed by atoms with Gasteiger partial charge in [-0.3, -0.25) is 4.79 Å². The largest absolute Gasteiger partial charge is 0.496 e. The summed E-state index contributed by atoms with van der Waals surface area (Å²) in [6.07, 6.45) is 2.01. The van der Waals surface area contributed by atoms with Crippen molar-refractivity contribution in [2.24, 2.45) is 5.73 Å². The Hall–Kier alpha value is -1.26. The Balaban J connectivity index is 0.00000324. The van der Waals surface area contributed by atoms with E-state index in [0.717, 1.165) is 24.2 Å². The van der Waals surface area contributed by atoms with E-state index < -0.39 is 0 Å². The van der Waals surface area contributed by atoms with E-state index in [0.29, 0.717) is 19.5 Å². The number of carbonyl (C=O) groups excluding carboxylic acids is 1. The second kappa shape index (κ2) is 9.64. The predicted molar refractivity (Wildman–Crippen MR) is 80.0 cm³/mol. The molecule has 1 rings (SSSR count). The first-order valence-corrected chi connectivity index (χ1v) is 6.27. The molecule has 0 spiro atoms.